The number of ether oxygens (including phenoxy) is 2. The number of carbonyl (C=O) groups excluding carboxylic acids is 2. The van der Waals surface area contributed by atoms with Gasteiger partial charge in [0.25, 0.3) is 0 Å². The van der Waals surface area contributed by atoms with Gasteiger partial charge in [-0.05, 0) is 24.0 Å². The first-order valence-electron chi connectivity index (χ1n) is 10.7. The van der Waals surface area contributed by atoms with E-state index in [1.807, 2.05) is 60.7 Å². The maximum absolute atomic E-state index is 13.1. The summed E-state index contributed by atoms with van der Waals surface area (Å²) >= 11 is 0. The van der Waals surface area contributed by atoms with Crippen LogP contribution in [0.5, 0.6) is 0 Å². The third-order valence-electron chi connectivity index (χ3n) is 5.44. The first kappa shape index (κ1) is 23.6. The molecule has 1 aliphatic rings. The van der Waals surface area contributed by atoms with Gasteiger partial charge < -0.3 is 19.9 Å². The molecule has 33 heavy (non-hydrogen) atoms. The van der Waals surface area contributed by atoms with E-state index in [1.54, 1.807) is 0 Å². The summed E-state index contributed by atoms with van der Waals surface area (Å²) < 4.78 is 10.2. The molecule has 2 aromatic carbocycles. The van der Waals surface area contributed by atoms with Crippen molar-refractivity contribution in [3.05, 3.63) is 88.4 Å². The second-order valence-corrected chi connectivity index (χ2v) is 7.64. The fourth-order valence-corrected chi connectivity index (χ4v) is 3.76. The molecule has 0 unspecified atom stereocenters. The highest BCUT2D eigenvalue weighted by molar-refractivity contribution is 5.86. The van der Waals surface area contributed by atoms with Crippen molar-refractivity contribution in [3.63, 3.8) is 0 Å². The quantitative estimate of drug-likeness (QED) is 0.467. The zero-order chi connectivity index (χ0) is 23.6. The molecule has 0 aliphatic carbocycles. The van der Waals surface area contributed by atoms with Gasteiger partial charge in [0.1, 0.15) is 18.7 Å². The lowest BCUT2D eigenvalue weighted by Gasteiger charge is -2.24. The SMILES string of the molecule is CO/C(O)=C(\[N+]#N)[C@H](Cc1ccccc1)NC(=O)[C@@H]1CCCN1C(=O)OCc1ccccc1. The zero-order valence-electron chi connectivity index (χ0n) is 18.4. The Morgan fingerprint density at radius 1 is 1.15 bits per heavy atom. The van der Waals surface area contributed by atoms with Gasteiger partial charge in [-0.1, -0.05) is 60.7 Å². The Balaban J connectivity index is 1.71. The highest BCUT2D eigenvalue weighted by atomic mass is 16.6. The summed E-state index contributed by atoms with van der Waals surface area (Å²) in [6, 6.07) is 16.9. The van der Waals surface area contributed by atoms with Crippen molar-refractivity contribution in [2.75, 3.05) is 13.7 Å². The largest absolute Gasteiger partial charge is 0.475 e. The second kappa shape index (κ2) is 11.5. The average Bonchev–Trinajstić information content (AvgIpc) is 3.34. The molecule has 0 spiro atoms. The molecule has 0 saturated carbocycles. The highest BCUT2D eigenvalue weighted by Gasteiger charge is 2.39. The molecule has 0 bridgehead atoms. The minimum absolute atomic E-state index is 0.110. The standard InChI is InChI=1S/C24H26N4O5/c1-32-23(30)21(27-25)19(15-17-9-4-2-5-10-17)26-22(29)20-13-8-14-28(20)24(31)33-16-18-11-6-3-7-12-18/h2-7,9-12,19-20H,8,13-16H2,1H3,(H-,26,29,30)/p+1/b23-21-/t19-,20-/m0/s1. The third-order valence-corrected chi connectivity index (χ3v) is 5.44. The van der Waals surface area contributed by atoms with Crippen LogP contribution in [0.3, 0.4) is 0 Å². The van der Waals surface area contributed by atoms with Crippen LogP contribution >= 0.6 is 0 Å². The van der Waals surface area contributed by atoms with Crippen molar-refractivity contribution in [2.24, 2.45) is 0 Å². The molecule has 1 aliphatic heterocycles. The van der Waals surface area contributed by atoms with Crippen molar-refractivity contribution in [2.45, 2.75) is 38.0 Å². The molecule has 0 radical (unpaired) electrons. The number of diazo groups is 1. The molecule has 1 heterocycles. The van der Waals surface area contributed by atoms with Crippen LogP contribution in [0.4, 0.5) is 4.79 Å². The van der Waals surface area contributed by atoms with Crippen LogP contribution in [0, 0.1) is 5.39 Å². The first-order valence-corrected chi connectivity index (χ1v) is 10.7. The number of benzene rings is 2. The Morgan fingerprint density at radius 2 is 1.79 bits per heavy atom. The molecule has 2 atom stereocenters. The lowest BCUT2D eigenvalue weighted by atomic mass is 10.0. The van der Waals surface area contributed by atoms with E-state index < -0.39 is 30.0 Å². The van der Waals surface area contributed by atoms with E-state index >= 15 is 0 Å². The maximum atomic E-state index is 13.1. The molecule has 172 valence electrons. The number of aliphatic hydroxyl groups is 1. The van der Waals surface area contributed by atoms with Crippen LogP contribution in [-0.4, -0.2) is 47.7 Å². The number of nitrogens with zero attached hydrogens (tertiary/aromatic N) is 3. The number of hydrogen-bond donors (Lipinski definition) is 2. The molecule has 0 aromatic heterocycles. The van der Waals surface area contributed by atoms with Gasteiger partial charge in [-0.25, -0.2) is 4.79 Å². The van der Waals surface area contributed by atoms with Crippen LogP contribution in [0.2, 0.25) is 0 Å². The molecule has 2 N–H and O–H groups in total. The average molecular weight is 452 g/mol. The molecule has 1 saturated heterocycles. The predicted molar refractivity (Wildman–Crippen MR) is 120 cm³/mol. The maximum Gasteiger partial charge on any atom is 0.462 e. The number of rotatable bonds is 8. The molecule has 3 rings (SSSR count). The third kappa shape index (κ3) is 6.23. The van der Waals surface area contributed by atoms with Gasteiger partial charge in [0.05, 0.1) is 7.11 Å². The minimum atomic E-state index is -0.882. The Kier molecular flexibility index (Phi) is 8.24. The van der Waals surface area contributed by atoms with E-state index in [4.69, 9.17) is 9.47 Å². The van der Waals surface area contributed by atoms with E-state index in [0.717, 1.165) is 11.1 Å². The molecular formula is C24H27N4O5+. The van der Waals surface area contributed by atoms with Crippen LogP contribution in [0.15, 0.2) is 72.3 Å². The fraction of sp³-hybridized carbons (Fsp3) is 0.333. The summed E-state index contributed by atoms with van der Waals surface area (Å²) in [7, 11) is 1.23. The summed E-state index contributed by atoms with van der Waals surface area (Å²) in [5.41, 5.74) is 1.48. The zero-order valence-corrected chi connectivity index (χ0v) is 18.4. The first-order chi connectivity index (χ1) is 16.0. The van der Waals surface area contributed by atoms with Crippen molar-refractivity contribution in [1.82, 2.24) is 10.2 Å². The monoisotopic (exact) mass is 451 g/mol. The Morgan fingerprint density at radius 3 is 2.39 bits per heavy atom. The van der Waals surface area contributed by atoms with Gasteiger partial charge >= 0.3 is 17.7 Å². The highest BCUT2D eigenvalue weighted by Crippen LogP contribution is 2.21. The van der Waals surface area contributed by atoms with E-state index in [-0.39, 0.29) is 18.7 Å². The summed E-state index contributed by atoms with van der Waals surface area (Å²) in [5.74, 6) is -1.04. The smallest absolute Gasteiger partial charge is 0.462 e. The number of carbonyl (C=O) groups is 2. The number of likely N-dealkylation sites (tertiary alicyclic amines) is 1. The van der Waals surface area contributed by atoms with Gasteiger partial charge in [-0.15, -0.1) is 0 Å². The molecule has 9 nitrogen and oxygen atoms in total. The van der Waals surface area contributed by atoms with Crippen molar-refractivity contribution in [3.8, 4) is 0 Å². The summed E-state index contributed by atoms with van der Waals surface area (Å²) in [6.07, 6.45) is 0.789. The lowest BCUT2D eigenvalue weighted by molar-refractivity contribution is -0.125. The normalized spacial score (nSPS) is 16.8. The van der Waals surface area contributed by atoms with E-state index in [9.17, 15) is 20.1 Å². The molecule has 9 heteroatoms. The lowest BCUT2D eigenvalue weighted by Crippen LogP contribution is -2.50. The van der Waals surface area contributed by atoms with E-state index in [2.05, 4.69) is 10.3 Å². The minimum Gasteiger partial charge on any atom is -0.475 e. The van der Waals surface area contributed by atoms with Gasteiger partial charge in [-0.2, -0.15) is 0 Å². The topological polar surface area (TPSA) is 116 Å². The number of amides is 2. The Labute approximate surface area is 192 Å². The van der Waals surface area contributed by atoms with Gasteiger partial charge in [0.2, 0.25) is 11.3 Å². The van der Waals surface area contributed by atoms with Gasteiger partial charge in [0, 0.05) is 13.0 Å². The van der Waals surface area contributed by atoms with Crippen LogP contribution in [0.1, 0.15) is 24.0 Å². The number of hydrogen-bond acceptors (Lipinski definition) is 6. The van der Waals surface area contributed by atoms with Crippen molar-refractivity contribution in [1.29, 1.82) is 5.39 Å². The second-order valence-electron chi connectivity index (χ2n) is 7.64. The molecule has 1 fully saturated rings. The van der Waals surface area contributed by atoms with Crippen LogP contribution in [0.25, 0.3) is 4.98 Å². The molecule has 2 aromatic rings. The van der Waals surface area contributed by atoms with Gasteiger partial charge in [0.15, 0.2) is 4.98 Å². The number of methoxy groups -OCH3 is 1. The van der Waals surface area contributed by atoms with Crippen molar-refractivity contribution >= 4 is 12.0 Å². The summed E-state index contributed by atoms with van der Waals surface area (Å²) in [4.78, 5) is 30.3. The van der Waals surface area contributed by atoms with E-state index in [0.29, 0.717) is 19.4 Å². The van der Waals surface area contributed by atoms with Gasteiger partial charge in [-0.3, -0.25) is 9.69 Å². The number of aliphatic hydroxyl groups excluding tert-OH is 1. The summed E-state index contributed by atoms with van der Waals surface area (Å²) in [6.45, 7) is 0.505. The molecule has 2 amide bonds. The fourth-order valence-electron chi connectivity index (χ4n) is 3.76. The Hall–Kier alpha value is -4.06. The molecular weight excluding hydrogens is 424 g/mol. The number of nitrogens with one attached hydrogen (secondary N) is 1. The van der Waals surface area contributed by atoms with Crippen molar-refractivity contribution < 1.29 is 24.2 Å². The van der Waals surface area contributed by atoms with Crippen LogP contribution < -0.4 is 5.32 Å². The van der Waals surface area contributed by atoms with Crippen LogP contribution in [-0.2, 0) is 27.3 Å². The Bertz CT molecular complexity index is 1020. The summed E-state index contributed by atoms with van der Waals surface area (Å²) in [5, 5.41) is 22.3. The van der Waals surface area contributed by atoms with E-state index in [1.165, 1.54) is 12.0 Å². The predicted octanol–water partition coefficient (Wildman–Crippen LogP) is 3.74.